The lowest BCUT2D eigenvalue weighted by molar-refractivity contribution is 0.0529. The Hall–Kier alpha value is -1.14. The fourth-order valence-electron chi connectivity index (χ4n) is 3.32. The smallest absolute Gasteiger partial charge is 0.191 e. The summed E-state index contributed by atoms with van der Waals surface area (Å²) < 4.78 is 28.8. The Morgan fingerprint density at radius 3 is 2.86 bits per heavy atom. The SMILES string of the molecule is CCNC(=NCc1ccc(N2CCOC(C)C2)nc1)NC1CCS(=O)(=O)C1.I. The summed E-state index contributed by atoms with van der Waals surface area (Å²) in [6.07, 6.45) is 2.70. The number of hydrogen-bond donors (Lipinski definition) is 2. The van der Waals surface area contributed by atoms with Crippen molar-refractivity contribution in [2.75, 3.05) is 42.6 Å². The van der Waals surface area contributed by atoms with E-state index in [9.17, 15) is 8.42 Å². The molecule has 2 fully saturated rings. The normalized spacial score (nSPS) is 24.5. The zero-order chi connectivity index (χ0) is 19.3. The number of ether oxygens (including phenoxy) is 1. The van der Waals surface area contributed by atoms with Crippen molar-refractivity contribution in [3.63, 3.8) is 0 Å². The quantitative estimate of drug-likeness (QED) is 0.340. The second-order valence-corrected chi connectivity index (χ2v) is 9.32. The van der Waals surface area contributed by atoms with Crippen LogP contribution in [0.3, 0.4) is 0 Å². The minimum atomic E-state index is -2.91. The number of rotatable bonds is 5. The van der Waals surface area contributed by atoms with E-state index in [0.29, 0.717) is 18.9 Å². The minimum Gasteiger partial charge on any atom is -0.375 e. The maximum Gasteiger partial charge on any atom is 0.191 e. The third kappa shape index (κ3) is 6.73. The average molecular weight is 523 g/mol. The number of nitrogens with one attached hydrogen (secondary N) is 2. The van der Waals surface area contributed by atoms with Gasteiger partial charge in [0, 0.05) is 31.9 Å². The van der Waals surface area contributed by atoms with Gasteiger partial charge in [0.25, 0.3) is 0 Å². The van der Waals surface area contributed by atoms with Gasteiger partial charge in [0.2, 0.25) is 0 Å². The van der Waals surface area contributed by atoms with Crippen LogP contribution in [0, 0.1) is 0 Å². The van der Waals surface area contributed by atoms with Crippen LogP contribution < -0.4 is 15.5 Å². The summed E-state index contributed by atoms with van der Waals surface area (Å²) in [6.45, 7) is 7.70. The number of anilines is 1. The maximum atomic E-state index is 11.6. The van der Waals surface area contributed by atoms with Crippen LogP contribution in [0.4, 0.5) is 5.82 Å². The fourth-order valence-corrected chi connectivity index (χ4v) is 4.99. The number of sulfone groups is 1. The molecule has 0 spiro atoms. The summed E-state index contributed by atoms with van der Waals surface area (Å²) in [6, 6.07) is 3.99. The summed E-state index contributed by atoms with van der Waals surface area (Å²) in [7, 11) is -2.91. The van der Waals surface area contributed by atoms with Gasteiger partial charge in [0.15, 0.2) is 15.8 Å². The minimum absolute atomic E-state index is 0. The molecule has 2 saturated heterocycles. The monoisotopic (exact) mass is 523 g/mol. The Labute approximate surface area is 184 Å². The van der Waals surface area contributed by atoms with Gasteiger partial charge >= 0.3 is 0 Å². The molecule has 28 heavy (non-hydrogen) atoms. The molecule has 0 aromatic carbocycles. The predicted molar refractivity (Wildman–Crippen MR) is 122 cm³/mol. The van der Waals surface area contributed by atoms with Crippen molar-refractivity contribution in [3.05, 3.63) is 23.9 Å². The third-order valence-electron chi connectivity index (χ3n) is 4.71. The lowest BCUT2D eigenvalue weighted by Gasteiger charge is -2.32. The van der Waals surface area contributed by atoms with Crippen molar-refractivity contribution < 1.29 is 13.2 Å². The van der Waals surface area contributed by atoms with Crippen LogP contribution >= 0.6 is 24.0 Å². The molecule has 10 heteroatoms. The highest BCUT2D eigenvalue weighted by atomic mass is 127. The second-order valence-electron chi connectivity index (χ2n) is 7.09. The molecule has 158 valence electrons. The van der Waals surface area contributed by atoms with Crippen LogP contribution in [-0.4, -0.2) is 69.3 Å². The highest BCUT2D eigenvalue weighted by Gasteiger charge is 2.28. The number of hydrogen-bond acceptors (Lipinski definition) is 6. The Morgan fingerprint density at radius 2 is 2.25 bits per heavy atom. The van der Waals surface area contributed by atoms with E-state index in [-0.39, 0.29) is 47.6 Å². The molecule has 0 amide bonds. The van der Waals surface area contributed by atoms with Gasteiger partial charge < -0.3 is 20.3 Å². The van der Waals surface area contributed by atoms with Crippen LogP contribution in [0.5, 0.6) is 0 Å². The number of guanidine groups is 1. The van der Waals surface area contributed by atoms with E-state index in [1.165, 1.54) is 0 Å². The maximum absolute atomic E-state index is 11.6. The highest BCUT2D eigenvalue weighted by Crippen LogP contribution is 2.16. The Morgan fingerprint density at radius 1 is 1.43 bits per heavy atom. The molecule has 0 aliphatic carbocycles. The van der Waals surface area contributed by atoms with Gasteiger partial charge in [-0.25, -0.2) is 18.4 Å². The van der Waals surface area contributed by atoms with Gasteiger partial charge in [-0.2, -0.15) is 0 Å². The fraction of sp³-hybridized carbons (Fsp3) is 0.667. The summed E-state index contributed by atoms with van der Waals surface area (Å²) in [4.78, 5) is 11.4. The largest absolute Gasteiger partial charge is 0.375 e. The zero-order valence-corrected chi connectivity index (χ0v) is 19.6. The lowest BCUT2D eigenvalue weighted by atomic mass is 10.2. The molecular weight excluding hydrogens is 493 g/mol. The number of morpholine rings is 1. The first-order chi connectivity index (χ1) is 12.9. The first kappa shape index (κ1) is 23.1. The molecule has 1 aromatic heterocycles. The summed E-state index contributed by atoms with van der Waals surface area (Å²) in [5.74, 6) is 2.02. The van der Waals surface area contributed by atoms with Crippen molar-refractivity contribution in [1.29, 1.82) is 0 Å². The Kier molecular flexibility index (Phi) is 8.75. The highest BCUT2D eigenvalue weighted by molar-refractivity contribution is 14.0. The molecule has 0 radical (unpaired) electrons. The van der Waals surface area contributed by atoms with Crippen LogP contribution in [0.25, 0.3) is 0 Å². The van der Waals surface area contributed by atoms with Gasteiger partial charge in [-0.3, -0.25) is 0 Å². The lowest BCUT2D eigenvalue weighted by Crippen LogP contribution is -2.44. The molecule has 3 rings (SSSR count). The van der Waals surface area contributed by atoms with E-state index in [1.807, 2.05) is 25.3 Å². The zero-order valence-electron chi connectivity index (χ0n) is 16.4. The first-order valence-electron chi connectivity index (χ1n) is 9.52. The average Bonchev–Trinajstić information content (AvgIpc) is 2.99. The van der Waals surface area contributed by atoms with E-state index in [4.69, 9.17) is 4.74 Å². The van der Waals surface area contributed by atoms with E-state index in [1.54, 1.807) is 0 Å². The van der Waals surface area contributed by atoms with E-state index >= 15 is 0 Å². The molecular formula is C18H30IN5O3S. The van der Waals surface area contributed by atoms with Crippen LogP contribution in [0.2, 0.25) is 0 Å². The number of nitrogens with zero attached hydrogens (tertiary/aromatic N) is 3. The summed E-state index contributed by atoms with van der Waals surface area (Å²) in [5.41, 5.74) is 1.01. The van der Waals surface area contributed by atoms with Gasteiger partial charge in [0.05, 0.1) is 30.8 Å². The topological polar surface area (TPSA) is 95.9 Å². The van der Waals surface area contributed by atoms with E-state index in [0.717, 1.165) is 37.6 Å². The van der Waals surface area contributed by atoms with Gasteiger partial charge in [0.1, 0.15) is 5.82 Å². The number of aromatic nitrogens is 1. The molecule has 2 atom stereocenters. The van der Waals surface area contributed by atoms with Crippen LogP contribution in [-0.2, 0) is 21.1 Å². The van der Waals surface area contributed by atoms with Crippen LogP contribution in [0.15, 0.2) is 23.3 Å². The summed E-state index contributed by atoms with van der Waals surface area (Å²) in [5, 5.41) is 6.40. The van der Waals surface area contributed by atoms with Crippen molar-refractivity contribution in [1.82, 2.24) is 15.6 Å². The van der Waals surface area contributed by atoms with E-state index < -0.39 is 9.84 Å². The Balaban J connectivity index is 0.00000280. The first-order valence-corrected chi connectivity index (χ1v) is 11.3. The molecule has 0 bridgehead atoms. The molecule has 3 heterocycles. The van der Waals surface area contributed by atoms with Crippen molar-refractivity contribution >= 4 is 45.6 Å². The molecule has 2 N–H and O–H groups in total. The second kappa shape index (κ2) is 10.6. The third-order valence-corrected chi connectivity index (χ3v) is 6.48. The predicted octanol–water partition coefficient (Wildman–Crippen LogP) is 1.17. The van der Waals surface area contributed by atoms with Crippen molar-refractivity contribution in [3.8, 4) is 0 Å². The number of halogens is 1. The number of aliphatic imine (C=N–C) groups is 1. The molecule has 0 saturated carbocycles. The van der Waals surface area contributed by atoms with Gasteiger partial charge in [-0.05, 0) is 31.9 Å². The Bertz CT molecular complexity index is 757. The molecule has 2 aliphatic heterocycles. The standard InChI is InChI=1S/C18H29N5O3S.HI/c1-3-19-18(22-16-6-9-27(24,25)13-16)21-11-15-4-5-17(20-10-15)23-7-8-26-14(2)12-23;/h4-5,10,14,16H,3,6-9,11-13H2,1-2H3,(H2,19,21,22);1H. The summed E-state index contributed by atoms with van der Waals surface area (Å²) >= 11 is 0. The van der Waals surface area contributed by atoms with Gasteiger partial charge in [-0.15, -0.1) is 24.0 Å². The molecule has 2 unspecified atom stereocenters. The van der Waals surface area contributed by atoms with Crippen molar-refractivity contribution in [2.45, 2.75) is 39.0 Å². The molecule has 2 aliphatic rings. The van der Waals surface area contributed by atoms with Crippen molar-refractivity contribution in [2.24, 2.45) is 4.99 Å². The van der Waals surface area contributed by atoms with Crippen LogP contribution in [0.1, 0.15) is 25.8 Å². The van der Waals surface area contributed by atoms with Gasteiger partial charge in [-0.1, -0.05) is 6.07 Å². The number of pyridine rings is 1. The van der Waals surface area contributed by atoms with E-state index in [2.05, 4.69) is 32.4 Å². The molecule has 1 aromatic rings. The molecule has 8 nitrogen and oxygen atoms in total.